The summed E-state index contributed by atoms with van der Waals surface area (Å²) in [4.78, 5) is 38.1. The molecular formula is C19H17F2N5O4. The van der Waals surface area contributed by atoms with Crippen molar-refractivity contribution in [2.75, 3.05) is 4.90 Å². The number of rotatable bonds is 4. The van der Waals surface area contributed by atoms with Crippen LogP contribution in [0.4, 0.5) is 19.3 Å². The first kappa shape index (κ1) is 20.8. The molecule has 1 aromatic heterocycles. The fourth-order valence-electron chi connectivity index (χ4n) is 2.96. The Morgan fingerprint density at radius 1 is 1.10 bits per heavy atom. The van der Waals surface area contributed by atoms with Crippen molar-refractivity contribution in [1.29, 1.82) is 0 Å². The average Bonchev–Trinajstić information content (AvgIpc) is 3.04. The predicted octanol–water partition coefficient (Wildman–Crippen LogP) is 2.60. The molecule has 1 amide bonds. The summed E-state index contributed by atoms with van der Waals surface area (Å²) in [5.74, 6) is -3.21. The van der Waals surface area contributed by atoms with E-state index in [0.29, 0.717) is 20.6 Å². The molecule has 0 aliphatic carbocycles. The minimum atomic E-state index is -1.16. The summed E-state index contributed by atoms with van der Waals surface area (Å²) in [6.45, 7) is 4.96. The van der Waals surface area contributed by atoms with Crippen LogP contribution in [-0.4, -0.2) is 42.9 Å². The predicted molar refractivity (Wildman–Crippen MR) is 102 cm³/mol. The monoisotopic (exact) mass is 417 g/mol. The lowest BCUT2D eigenvalue weighted by Crippen LogP contribution is -2.45. The highest BCUT2D eigenvalue weighted by Crippen LogP contribution is 2.24. The largest absolute Gasteiger partial charge is 0.478 e. The number of hydrogen-bond acceptors (Lipinski definition) is 5. The van der Waals surface area contributed by atoms with Crippen molar-refractivity contribution in [1.82, 2.24) is 19.8 Å². The summed E-state index contributed by atoms with van der Waals surface area (Å²) >= 11 is 0. The fraction of sp³-hybridized carbons (Fsp3) is 0.211. The molecule has 3 aromatic rings. The second-order valence-electron chi connectivity index (χ2n) is 6.71. The van der Waals surface area contributed by atoms with E-state index in [4.69, 9.17) is 5.11 Å². The van der Waals surface area contributed by atoms with Gasteiger partial charge in [-0.15, -0.1) is 4.68 Å². The number of carboxylic acids is 1. The van der Waals surface area contributed by atoms with Crippen LogP contribution in [0.1, 0.15) is 29.8 Å². The number of halogens is 2. The smallest absolute Gasteiger partial charge is 0.377 e. The molecule has 0 aliphatic rings. The van der Waals surface area contributed by atoms with Gasteiger partial charge in [0.05, 0.1) is 5.56 Å². The van der Waals surface area contributed by atoms with Gasteiger partial charge in [0.2, 0.25) is 0 Å². The molecule has 0 unspecified atom stereocenters. The minimum absolute atomic E-state index is 0.0329. The lowest BCUT2D eigenvalue weighted by Gasteiger charge is -2.27. The van der Waals surface area contributed by atoms with E-state index in [2.05, 4.69) is 10.4 Å². The normalized spacial score (nSPS) is 11.0. The molecule has 0 bridgehead atoms. The first-order chi connectivity index (χ1) is 14.1. The van der Waals surface area contributed by atoms with Crippen molar-refractivity contribution in [3.8, 4) is 5.69 Å². The first-order valence-corrected chi connectivity index (χ1v) is 8.80. The Balaban J connectivity index is 2.08. The van der Waals surface area contributed by atoms with Gasteiger partial charge in [0.1, 0.15) is 5.69 Å². The van der Waals surface area contributed by atoms with Crippen LogP contribution in [-0.2, 0) is 0 Å². The molecule has 156 valence electrons. The molecule has 11 heteroatoms. The van der Waals surface area contributed by atoms with E-state index in [1.54, 1.807) is 20.8 Å². The van der Waals surface area contributed by atoms with Crippen molar-refractivity contribution in [3.05, 3.63) is 69.6 Å². The van der Waals surface area contributed by atoms with Crippen LogP contribution in [0.25, 0.3) is 5.69 Å². The quantitative estimate of drug-likeness (QED) is 0.654. The van der Waals surface area contributed by atoms with Crippen molar-refractivity contribution in [2.24, 2.45) is 0 Å². The van der Waals surface area contributed by atoms with E-state index in [-0.39, 0.29) is 5.56 Å². The summed E-state index contributed by atoms with van der Waals surface area (Å²) in [6, 6.07) is 5.77. The zero-order chi connectivity index (χ0) is 22.2. The number of nitrogens with zero attached hydrogens (tertiary/aromatic N) is 5. The number of aromatic nitrogens is 4. The van der Waals surface area contributed by atoms with Gasteiger partial charge in [-0.25, -0.2) is 23.2 Å². The minimum Gasteiger partial charge on any atom is -0.478 e. The van der Waals surface area contributed by atoms with Gasteiger partial charge in [0.15, 0.2) is 11.6 Å². The zero-order valence-corrected chi connectivity index (χ0v) is 16.2. The third kappa shape index (κ3) is 3.56. The molecule has 0 fully saturated rings. The number of tetrazole rings is 1. The summed E-state index contributed by atoms with van der Waals surface area (Å²) in [5, 5.41) is 16.0. The second kappa shape index (κ2) is 7.85. The molecule has 0 aliphatic heterocycles. The molecule has 30 heavy (non-hydrogen) atoms. The number of benzene rings is 2. The molecule has 0 radical (unpaired) electrons. The van der Waals surface area contributed by atoms with Gasteiger partial charge in [-0.2, -0.15) is 4.68 Å². The Kier molecular flexibility index (Phi) is 5.45. The first-order valence-electron chi connectivity index (χ1n) is 8.80. The third-order valence-electron chi connectivity index (χ3n) is 4.34. The SMILES string of the molecule is Cc1cc(C(=O)O)ccc1N(C(=O)n1nnn(-c2c(F)cccc2F)c1=O)C(C)C. The highest BCUT2D eigenvalue weighted by molar-refractivity contribution is 5.95. The van der Waals surface area contributed by atoms with E-state index >= 15 is 0 Å². The van der Waals surface area contributed by atoms with Crippen LogP contribution in [0.3, 0.4) is 0 Å². The maximum atomic E-state index is 14.0. The summed E-state index contributed by atoms with van der Waals surface area (Å²) in [5.41, 5.74) is -1.06. The molecular weight excluding hydrogens is 400 g/mol. The van der Waals surface area contributed by atoms with Crippen molar-refractivity contribution >= 4 is 17.7 Å². The Labute approximate surface area is 168 Å². The number of aryl methyl sites for hydroxylation is 1. The van der Waals surface area contributed by atoms with E-state index < -0.39 is 41.1 Å². The summed E-state index contributed by atoms with van der Waals surface area (Å²) in [6.07, 6.45) is 0. The van der Waals surface area contributed by atoms with Gasteiger partial charge >= 0.3 is 17.7 Å². The number of carbonyl (C=O) groups excluding carboxylic acids is 1. The second-order valence-corrected chi connectivity index (χ2v) is 6.71. The van der Waals surface area contributed by atoms with E-state index in [9.17, 15) is 23.2 Å². The lowest BCUT2D eigenvalue weighted by molar-refractivity contribution is 0.0696. The molecule has 3 rings (SSSR count). The Hall–Kier alpha value is -3.89. The number of aromatic carboxylic acids is 1. The lowest BCUT2D eigenvalue weighted by atomic mass is 10.1. The Bertz CT molecular complexity index is 1180. The molecule has 1 heterocycles. The molecule has 1 N–H and O–H groups in total. The molecule has 0 spiro atoms. The van der Waals surface area contributed by atoms with Crippen LogP contribution >= 0.6 is 0 Å². The highest BCUT2D eigenvalue weighted by atomic mass is 19.1. The maximum Gasteiger partial charge on any atom is 0.377 e. The molecule has 0 saturated heterocycles. The van der Waals surface area contributed by atoms with Crippen LogP contribution < -0.4 is 10.6 Å². The Morgan fingerprint density at radius 3 is 2.27 bits per heavy atom. The topological polar surface area (TPSA) is 110 Å². The van der Waals surface area contributed by atoms with Gasteiger partial charge in [-0.1, -0.05) is 6.07 Å². The number of para-hydroxylation sites is 1. The maximum absolute atomic E-state index is 14.0. The average molecular weight is 417 g/mol. The van der Waals surface area contributed by atoms with Crippen molar-refractivity contribution in [2.45, 2.75) is 26.8 Å². The number of amides is 1. The van der Waals surface area contributed by atoms with E-state index in [1.807, 2.05) is 0 Å². The number of carbonyl (C=O) groups is 2. The van der Waals surface area contributed by atoms with E-state index in [0.717, 1.165) is 18.2 Å². The van der Waals surface area contributed by atoms with Gasteiger partial charge in [-0.05, 0) is 67.1 Å². The molecule has 0 saturated carbocycles. The van der Waals surface area contributed by atoms with Crippen LogP contribution in [0.15, 0.2) is 41.2 Å². The number of anilines is 1. The standard InChI is InChI=1S/C19H17F2N5O4/c1-10(2)24(15-8-7-12(17(27)28)9-11(15)3)18(29)26-19(30)25(22-23-26)16-13(20)5-4-6-14(16)21/h4-10H,1-3H3,(H,27,28). The molecule has 9 nitrogen and oxygen atoms in total. The van der Waals surface area contributed by atoms with Crippen molar-refractivity contribution < 1.29 is 23.5 Å². The van der Waals surface area contributed by atoms with Gasteiger partial charge in [0, 0.05) is 11.7 Å². The van der Waals surface area contributed by atoms with Crippen LogP contribution in [0.2, 0.25) is 0 Å². The fourth-order valence-corrected chi connectivity index (χ4v) is 2.96. The Morgan fingerprint density at radius 2 is 1.73 bits per heavy atom. The van der Waals surface area contributed by atoms with Gasteiger partial charge in [-0.3, -0.25) is 4.90 Å². The summed E-state index contributed by atoms with van der Waals surface area (Å²) < 4.78 is 28.8. The number of carboxylic acid groups (broad SMARTS) is 1. The molecule has 2 aromatic carbocycles. The third-order valence-corrected chi connectivity index (χ3v) is 4.34. The van der Waals surface area contributed by atoms with Crippen molar-refractivity contribution in [3.63, 3.8) is 0 Å². The summed E-state index contributed by atoms with van der Waals surface area (Å²) in [7, 11) is 0. The van der Waals surface area contributed by atoms with Gasteiger partial charge < -0.3 is 5.11 Å². The molecule has 0 atom stereocenters. The van der Waals surface area contributed by atoms with Crippen LogP contribution in [0, 0.1) is 18.6 Å². The van der Waals surface area contributed by atoms with Crippen LogP contribution in [0.5, 0.6) is 0 Å². The highest BCUT2D eigenvalue weighted by Gasteiger charge is 2.28. The van der Waals surface area contributed by atoms with E-state index in [1.165, 1.54) is 23.1 Å². The van der Waals surface area contributed by atoms with Gasteiger partial charge in [0.25, 0.3) is 0 Å². The number of hydrogen-bond donors (Lipinski definition) is 1. The zero-order valence-electron chi connectivity index (χ0n) is 16.2.